The SMILES string of the molecule is CCC1=CC(O)(CC)C(CC)C=C1. The van der Waals surface area contributed by atoms with Crippen molar-refractivity contribution in [2.75, 3.05) is 0 Å². The lowest BCUT2D eigenvalue weighted by molar-refractivity contribution is 0.0399. The van der Waals surface area contributed by atoms with Gasteiger partial charge in [-0.3, -0.25) is 0 Å². The van der Waals surface area contributed by atoms with Crippen molar-refractivity contribution in [1.82, 2.24) is 0 Å². The van der Waals surface area contributed by atoms with E-state index in [1.807, 2.05) is 13.0 Å². The summed E-state index contributed by atoms with van der Waals surface area (Å²) in [5.41, 5.74) is 0.670. The third kappa shape index (κ3) is 2.02. The molecule has 13 heavy (non-hydrogen) atoms. The summed E-state index contributed by atoms with van der Waals surface area (Å²) in [6, 6.07) is 0. The van der Waals surface area contributed by atoms with Gasteiger partial charge < -0.3 is 5.11 Å². The van der Waals surface area contributed by atoms with Crippen molar-refractivity contribution < 1.29 is 5.11 Å². The topological polar surface area (TPSA) is 20.2 Å². The van der Waals surface area contributed by atoms with Gasteiger partial charge in [0.25, 0.3) is 0 Å². The maximum absolute atomic E-state index is 10.3. The second kappa shape index (κ2) is 4.10. The van der Waals surface area contributed by atoms with E-state index in [-0.39, 0.29) is 0 Å². The Balaban J connectivity index is 2.89. The second-order valence-corrected chi connectivity index (χ2v) is 3.79. The molecule has 1 heteroatoms. The number of hydrogen-bond acceptors (Lipinski definition) is 1. The van der Waals surface area contributed by atoms with Gasteiger partial charge in [0.05, 0.1) is 5.60 Å². The Bertz CT molecular complexity index is 227. The lowest BCUT2D eigenvalue weighted by Crippen LogP contribution is -2.35. The molecule has 1 nitrogen and oxygen atoms in total. The molecule has 0 amide bonds. The average molecular weight is 180 g/mol. The van der Waals surface area contributed by atoms with E-state index in [0.29, 0.717) is 5.92 Å². The van der Waals surface area contributed by atoms with Gasteiger partial charge in [-0.05, 0) is 30.9 Å². The summed E-state index contributed by atoms with van der Waals surface area (Å²) in [6.45, 7) is 6.30. The van der Waals surface area contributed by atoms with Crippen LogP contribution >= 0.6 is 0 Å². The minimum absolute atomic E-state index is 0.299. The molecule has 2 unspecified atom stereocenters. The van der Waals surface area contributed by atoms with Crippen LogP contribution in [0.15, 0.2) is 23.8 Å². The zero-order valence-corrected chi connectivity index (χ0v) is 8.88. The molecule has 1 N–H and O–H groups in total. The van der Waals surface area contributed by atoms with Crippen LogP contribution in [-0.2, 0) is 0 Å². The normalized spacial score (nSPS) is 33.2. The molecule has 0 aromatic carbocycles. The summed E-state index contributed by atoms with van der Waals surface area (Å²) in [4.78, 5) is 0. The smallest absolute Gasteiger partial charge is 0.0893 e. The molecule has 0 aromatic rings. The molecule has 0 aliphatic heterocycles. The Kier molecular flexibility index (Phi) is 3.32. The molecule has 0 bridgehead atoms. The van der Waals surface area contributed by atoms with E-state index in [1.165, 1.54) is 5.57 Å². The maximum Gasteiger partial charge on any atom is 0.0893 e. The predicted molar refractivity (Wildman–Crippen MR) is 56.5 cm³/mol. The van der Waals surface area contributed by atoms with Gasteiger partial charge in [0.15, 0.2) is 0 Å². The zero-order chi connectivity index (χ0) is 9.90. The number of aliphatic hydroxyl groups is 1. The van der Waals surface area contributed by atoms with Crippen LogP contribution in [0.4, 0.5) is 0 Å². The minimum Gasteiger partial charge on any atom is -0.385 e. The summed E-state index contributed by atoms with van der Waals surface area (Å²) in [7, 11) is 0. The van der Waals surface area contributed by atoms with Crippen LogP contribution in [-0.4, -0.2) is 10.7 Å². The molecule has 0 aromatic heterocycles. The molecule has 74 valence electrons. The Hall–Kier alpha value is -0.560. The summed E-state index contributed by atoms with van der Waals surface area (Å²) >= 11 is 0. The highest BCUT2D eigenvalue weighted by Gasteiger charge is 2.31. The number of allylic oxidation sites excluding steroid dienone is 2. The Morgan fingerprint density at radius 2 is 2.08 bits per heavy atom. The third-order valence-electron chi connectivity index (χ3n) is 3.03. The average Bonchev–Trinajstić information content (AvgIpc) is 2.17. The third-order valence-corrected chi connectivity index (χ3v) is 3.03. The van der Waals surface area contributed by atoms with E-state index in [0.717, 1.165) is 19.3 Å². The fourth-order valence-electron chi connectivity index (χ4n) is 1.96. The van der Waals surface area contributed by atoms with E-state index in [4.69, 9.17) is 0 Å². The van der Waals surface area contributed by atoms with E-state index in [9.17, 15) is 5.11 Å². The van der Waals surface area contributed by atoms with Crippen LogP contribution in [0, 0.1) is 5.92 Å². The van der Waals surface area contributed by atoms with E-state index in [1.54, 1.807) is 0 Å². The molecule has 0 fully saturated rings. The quantitative estimate of drug-likeness (QED) is 0.707. The van der Waals surface area contributed by atoms with Crippen molar-refractivity contribution in [3.8, 4) is 0 Å². The Morgan fingerprint density at radius 1 is 1.38 bits per heavy atom. The zero-order valence-electron chi connectivity index (χ0n) is 8.88. The van der Waals surface area contributed by atoms with Crippen molar-refractivity contribution >= 4 is 0 Å². The monoisotopic (exact) mass is 180 g/mol. The van der Waals surface area contributed by atoms with Gasteiger partial charge in [-0.2, -0.15) is 0 Å². The second-order valence-electron chi connectivity index (χ2n) is 3.79. The van der Waals surface area contributed by atoms with E-state index < -0.39 is 5.60 Å². The van der Waals surface area contributed by atoms with Gasteiger partial charge in [-0.15, -0.1) is 0 Å². The van der Waals surface area contributed by atoms with Crippen LogP contribution in [0.5, 0.6) is 0 Å². The summed E-state index contributed by atoms with van der Waals surface area (Å²) < 4.78 is 0. The van der Waals surface area contributed by atoms with Crippen molar-refractivity contribution in [2.24, 2.45) is 5.92 Å². The summed E-state index contributed by atoms with van der Waals surface area (Å²) in [5, 5.41) is 10.3. The lowest BCUT2D eigenvalue weighted by Gasteiger charge is -2.33. The lowest BCUT2D eigenvalue weighted by atomic mass is 9.78. The maximum atomic E-state index is 10.3. The first kappa shape index (κ1) is 10.5. The first-order valence-electron chi connectivity index (χ1n) is 5.28. The number of rotatable bonds is 3. The van der Waals surface area contributed by atoms with Crippen LogP contribution in [0.25, 0.3) is 0 Å². The molecule has 1 rings (SSSR count). The van der Waals surface area contributed by atoms with Gasteiger partial charge in [-0.25, -0.2) is 0 Å². The predicted octanol–water partition coefficient (Wildman–Crippen LogP) is 3.06. The van der Waals surface area contributed by atoms with Gasteiger partial charge in [0.1, 0.15) is 0 Å². The van der Waals surface area contributed by atoms with Crippen LogP contribution < -0.4 is 0 Å². The van der Waals surface area contributed by atoms with Crippen molar-refractivity contribution in [3.63, 3.8) is 0 Å². The molecule has 0 heterocycles. The Morgan fingerprint density at radius 3 is 2.54 bits per heavy atom. The summed E-state index contributed by atoms with van der Waals surface area (Å²) in [6.07, 6.45) is 9.17. The molecule has 0 spiro atoms. The van der Waals surface area contributed by atoms with Gasteiger partial charge in [-0.1, -0.05) is 32.9 Å². The van der Waals surface area contributed by atoms with Crippen molar-refractivity contribution in [3.05, 3.63) is 23.8 Å². The highest BCUT2D eigenvalue weighted by Crippen LogP contribution is 2.32. The van der Waals surface area contributed by atoms with Crippen LogP contribution in [0.1, 0.15) is 40.0 Å². The molecular weight excluding hydrogens is 160 g/mol. The summed E-state index contributed by atoms with van der Waals surface area (Å²) in [5.74, 6) is 0.299. The van der Waals surface area contributed by atoms with Gasteiger partial charge in [0, 0.05) is 5.92 Å². The number of hydrogen-bond donors (Lipinski definition) is 1. The van der Waals surface area contributed by atoms with Gasteiger partial charge >= 0.3 is 0 Å². The largest absolute Gasteiger partial charge is 0.385 e. The minimum atomic E-state index is -0.588. The molecule has 0 radical (unpaired) electrons. The first-order valence-corrected chi connectivity index (χ1v) is 5.28. The molecule has 0 saturated heterocycles. The molecule has 0 saturated carbocycles. The fourth-order valence-corrected chi connectivity index (χ4v) is 1.96. The fraction of sp³-hybridized carbons (Fsp3) is 0.667. The van der Waals surface area contributed by atoms with Crippen LogP contribution in [0.2, 0.25) is 0 Å². The highest BCUT2D eigenvalue weighted by atomic mass is 16.3. The van der Waals surface area contributed by atoms with E-state index >= 15 is 0 Å². The first-order chi connectivity index (χ1) is 6.16. The van der Waals surface area contributed by atoms with Crippen molar-refractivity contribution in [1.29, 1.82) is 0 Å². The molecular formula is C12H20O. The highest BCUT2D eigenvalue weighted by molar-refractivity contribution is 5.30. The van der Waals surface area contributed by atoms with E-state index in [2.05, 4.69) is 26.0 Å². The standard InChI is InChI=1S/C12H20O/c1-4-10-7-8-11(5-2)12(13,6-3)9-10/h7-9,11,13H,4-6H2,1-3H3. The molecule has 1 aliphatic rings. The molecule has 2 atom stereocenters. The van der Waals surface area contributed by atoms with Gasteiger partial charge in [0.2, 0.25) is 0 Å². The van der Waals surface area contributed by atoms with Crippen LogP contribution in [0.3, 0.4) is 0 Å². The Labute approximate surface area is 81.2 Å². The van der Waals surface area contributed by atoms with Crippen molar-refractivity contribution in [2.45, 2.75) is 45.6 Å². The molecule has 1 aliphatic carbocycles.